The van der Waals surface area contributed by atoms with Gasteiger partial charge in [-0.1, -0.05) is 65.0 Å². The second-order valence-corrected chi connectivity index (χ2v) is 13.8. The van der Waals surface area contributed by atoms with Gasteiger partial charge in [-0.15, -0.1) is 0 Å². The summed E-state index contributed by atoms with van der Waals surface area (Å²) in [5.74, 6) is -1.01. The molecule has 8 atom stereocenters. The molecule has 0 spiro atoms. The van der Waals surface area contributed by atoms with Crippen LogP contribution in [0.1, 0.15) is 65.4 Å². The van der Waals surface area contributed by atoms with E-state index >= 15 is 0 Å². The lowest BCUT2D eigenvalue weighted by atomic mass is 9.85. The van der Waals surface area contributed by atoms with E-state index in [0.717, 1.165) is 12.0 Å². The molecular formula is C31H41N5O4. The topological polar surface area (TPSA) is 131 Å². The van der Waals surface area contributed by atoms with Crippen molar-refractivity contribution < 1.29 is 19.2 Å². The van der Waals surface area contributed by atoms with Crippen LogP contribution in [0.15, 0.2) is 30.3 Å². The molecule has 40 heavy (non-hydrogen) atoms. The highest BCUT2D eigenvalue weighted by atomic mass is 16.2. The van der Waals surface area contributed by atoms with Crippen LogP contribution in [0.25, 0.3) is 0 Å². The van der Waals surface area contributed by atoms with Gasteiger partial charge in [0.2, 0.25) is 23.6 Å². The molecule has 3 N–H and O–H groups in total. The van der Waals surface area contributed by atoms with Gasteiger partial charge in [-0.2, -0.15) is 5.26 Å². The predicted molar refractivity (Wildman–Crippen MR) is 148 cm³/mol. The highest BCUT2D eigenvalue weighted by Gasteiger charge is 2.70. The van der Waals surface area contributed by atoms with Crippen LogP contribution in [0.5, 0.6) is 0 Å². The molecule has 0 radical (unpaired) electrons. The maximum absolute atomic E-state index is 14.1. The first-order valence-corrected chi connectivity index (χ1v) is 14.5. The summed E-state index contributed by atoms with van der Waals surface area (Å²) in [5.41, 5.74) is 0.462. The van der Waals surface area contributed by atoms with E-state index in [4.69, 9.17) is 0 Å². The largest absolute Gasteiger partial charge is 0.356 e. The molecule has 1 aromatic rings. The van der Waals surface area contributed by atoms with E-state index in [1.54, 1.807) is 4.90 Å². The van der Waals surface area contributed by atoms with Crippen molar-refractivity contribution in [2.45, 2.75) is 77.9 Å². The van der Waals surface area contributed by atoms with Crippen LogP contribution in [0, 0.1) is 45.8 Å². The number of nitrogens with one attached hydrogen (secondary N) is 3. The maximum Gasteiger partial charge on any atom is 0.246 e. The van der Waals surface area contributed by atoms with Gasteiger partial charge in [0.1, 0.15) is 18.1 Å². The van der Waals surface area contributed by atoms with Crippen molar-refractivity contribution >= 4 is 23.6 Å². The van der Waals surface area contributed by atoms with Crippen molar-refractivity contribution in [2.24, 2.45) is 34.5 Å². The fourth-order valence-corrected chi connectivity index (χ4v) is 6.99. The van der Waals surface area contributed by atoms with Crippen molar-refractivity contribution in [3.05, 3.63) is 35.9 Å². The Bertz CT molecular complexity index is 1230. The Labute approximate surface area is 236 Å². The zero-order valence-electron chi connectivity index (χ0n) is 24.1. The summed E-state index contributed by atoms with van der Waals surface area (Å²) in [7, 11) is 0. The van der Waals surface area contributed by atoms with Crippen LogP contribution in [-0.2, 0) is 19.2 Å². The van der Waals surface area contributed by atoms with Gasteiger partial charge in [0, 0.05) is 24.9 Å². The summed E-state index contributed by atoms with van der Waals surface area (Å²) < 4.78 is 0. The number of hydrogen-bond donors (Lipinski definition) is 3. The Morgan fingerprint density at radius 2 is 1.85 bits per heavy atom. The lowest BCUT2D eigenvalue weighted by Crippen LogP contribution is -2.60. The zero-order chi connectivity index (χ0) is 29.0. The van der Waals surface area contributed by atoms with E-state index in [-0.39, 0.29) is 65.1 Å². The van der Waals surface area contributed by atoms with Gasteiger partial charge in [-0.05, 0) is 53.4 Å². The number of carbonyl (C=O) groups is 4. The molecule has 2 saturated carbocycles. The molecule has 4 fully saturated rings. The van der Waals surface area contributed by atoms with Crippen LogP contribution < -0.4 is 16.0 Å². The van der Waals surface area contributed by atoms with Crippen molar-refractivity contribution in [3.63, 3.8) is 0 Å². The van der Waals surface area contributed by atoms with Crippen LogP contribution in [0.4, 0.5) is 0 Å². The zero-order valence-corrected chi connectivity index (χ0v) is 24.1. The van der Waals surface area contributed by atoms with E-state index in [9.17, 15) is 24.4 Å². The number of rotatable bonds is 8. The molecule has 214 valence electrons. The van der Waals surface area contributed by atoms with Crippen LogP contribution in [0.3, 0.4) is 0 Å². The number of hydrogen-bond acceptors (Lipinski definition) is 5. The summed E-state index contributed by atoms with van der Waals surface area (Å²) in [5, 5.41) is 18.4. The molecule has 0 bridgehead atoms. The van der Waals surface area contributed by atoms with Crippen LogP contribution in [0.2, 0.25) is 0 Å². The minimum absolute atomic E-state index is 0.0206. The second-order valence-electron chi connectivity index (χ2n) is 13.8. The Balaban J connectivity index is 1.30. The molecule has 0 aromatic heterocycles. The number of fused-ring (bicyclic) bond motifs is 1. The average molecular weight is 548 g/mol. The van der Waals surface area contributed by atoms with Gasteiger partial charge in [-0.3, -0.25) is 19.2 Å². The lowest BCUT2D eigenvalue weighted by Gasteiger charge is -2.38. The molecule has 0 unspecified atom stereocenters. The minimum atomic E-state index is -0.817. The third-order valence-electron chi connectivity index (χ3n) is 9.67. The van der Waals surface area contributed by atoms with Gasteiger partial charge in [0.05, 0.1) is 6.07 Å². The number of benzene rings is 1. The van der Waals surface area contributed by atoms with Crippen molar-refractivity contribution in [3.8, 4) is 6.07 Å². The normalized spacial score (nSPS) is 31.3. The van der Waals surface area contributed by atoms with Gasteiger partial charge in [-0.25, -0.2) is 0 Å². The number of likely N-dealkylation sites (tertiary alicyclic amines) is 1. The molecule has 9 heteroatoms. The summed E-state index contributed by atoms with van der Waals surface area (Å²) in [6, 6.07) is 9.75. The molecule has 9 nitrogen and oxygen atoms in total. The van der Waals surface area contributed by atoms with Gasteiger partial charge >= 0.3 is 0 Å². The third kappa shape index (κ3) is 5.21. The monoisotopic (exact) mass is 547 g/mol. The summed E-state index contributed by atoms with van der Waals surface area (Å²) in [4.78, 5) is 54.8. The van der Waals surface area contributed by atoms with Crippen molar-refractivity contribution in [1.82, 2.24) is 20.9 Å². The van der Waals surface area contributed by atoms with Gasteiger partial charge in [0.25, 0.3) is 0 Å². The Morgan fingerprint density at radius 3 is 2.45 bits per heavy atom. The first-order chi connectivity index (χ1) is 18.8. The smallest absolute Gasteiger partial charge is 0.246 e. The van der Waals surface area contributed by atoms with Crippen molar-refractivity contribution in [2.75, 3.05) is 13.1 Å². The fraction of sp³-hybridized carbons (Fsp3) is 0.645. The highest BCUT2D eigenvalue weighted by molar-refractivity contribution is 5.95. The van der Waals surface area contributed by atoms with Gasteiger partial charge < -0.3 is 20.9 Å². The maximum atomic E-state index is 14.1. The van der Waals surface area contributed by atoms with E-state index < -0.39 is 23.5 Å². The highest BCUT2D eigenvalue weighted by Crippen LogP contribution is 2.65. The molecule has 2 aliphatic heterocycles. The SMILES string of the molecule is CC(C)(C)[C@H](NC(=O)[C@@H]1C[C@@H]1c1ccccc1)C(=O)N1C[C@H]2[C@@H]([C@H]1C(=O)N[C@H](C#N)C[C@@H]1CCNC1=O)C2(C)C. The summed E-state index contributed by atoms with van der Waals surface area (Å²) in [6.45, 7) is 11.0. The number of amides is 4. The van der Waals surface area contributed by atoms with E-state index in [0.29, 0.717) is 19.5 Å². The van der Waals surface area contributed by atoms with Crippen molar-refractivity contribution in [1.29, 1.82) is 5.26 Å². The molecule has 2 heterocycles. The quantitative estimate of drug-likeness (QED) is 0.460. The standard InChI is InChI=1S/C31H41N5O4/c1-30(2,3)25(35-27(38)21-14-20(21)17-9-7-6-8-10-17)29(40)36-16-22-23(31(22,4)5)24(36)28(39)34-19(15-32)13-18-11-12-33-26(18)37/h6-10,18-25H,11-14,16H2,1-5H3,(H,33,37)(H,34,39)(H,35,38)/t18-,19-,20+,21+,22-,23-,24-,25+/m0/s1. The summed E-state index contributed by atoms with van der Waals surface area (Å²) in [6.07, 6.45) is 1.64. The first-order valence-electron chi connectivity index (χ1n) is 14.5. The average Bonchev–Trinajstić information content (AvgIpc) is 3.66. The molecule has 1 aromatic carbocycles. The van der Waals surface area contributed by atoms with Crippen LogP contribution >= 0.6 is 0 Å². The molecular weight excluding hydrogens is 506 g/mol. The third-order valence-corrected chi connectivity index (χ3v) is 9.67. The number of carbonyl (C=O) groups excluding carboxylic acids is 4. The van der Waals surface area contributed by atoms with E-state index in [1.807, 2.05) is 51.1 Å². The van der Waals surface area contributed by atoms with E-state index in [1.165, 1.54) is 0 Å². The Hall–Kier alpha value is -3.41. The Morgan fingerprint density at radius 1 is 1.15 bits per heavy atom. The number of nitrogens with zero attached hydrogens (tertiary/aromatic N) is 2. The van der Waals surface area contributed by atoms with Crippen LogP contribution in [-0.4, -0.2) is 59.7 Å². The second kappa shape index (κ2) is 10.2. The lowest BCUT2D eigenvalue weighted by molar-refractivity contribution is -0.145. The molecule has 4 amide bonds. The predicted octanol–water partition coefficient (Wildman–Crippen LogP) is 2.34. The molecule has 2 aliphatic carbocycles. The number of piperidine rings is 1. The van der Waals surface area contributed by atoms with E-state index in [2.05, 4.69) is 35.9 Å². The number of nitriles is 1. The fourth-order valence-electron chi connectivity index (χ4n) is 6.99. The summed E-state index contributed by atoms with van der Waals surface area (Å²) >= 11 is 0. The van der Waals surface area contributed by atoms with Gasteiger partial charge in [0.15, 0.2) is 0 Å². The minimum Gasteiger partial charge on any atom is -0.356 e. The molecule has 2 saturated heterocycles. The molecule has 4 aliphatic rings. The Kier molecular flexibility index (Phi) is 7.18. The molecule has 5 rings (SSSR count). The first kappa shape index (κ1) is 28.1.